The molecular weight excluding hydrogens is 360 g/mol. The fourth-order valence-corrected chi connectivity index (χ4v) is 3.13. The predicted octanol–water partition coefficient (Wildman–Crippen LogP) is 3.36. The van der Waals surface area contributed by atoms with Crippen molar-refractivity contribution in [3.63, 3.8) is 0 Å². The number of aryl methyl sites for hydroxylation is 2. The van der Waals surface area contributed by atoms with Crippen molar-refractivity contribution in [2.24, 2.45) is 0 Å². The number of anilines is 1. The van der Waals surface area contributed by atoms with Crippen LogP contribution in [0.3, 0.4) is 0 Å². The van der Waals surface area contributed by atoms with E-state index in [1.807, 2.05) is 38.1 Å². The van der Waals surface area contributed by atoms with E-state index in [-0.39, 0.29) is 13.1 Å². The highest BCUT2D eigenvalue weighted by molar-refractivity contribution is 7.88. The van der Waals surface area contributed by atoms with Crippen molar-refractivity contribution in [1.29, 1.82) is 0 Å². The molecule has 0 saturated heterocycles. The molecule has 2 rings (SSSR count). The highest BCUT2D eigenvalue weighted by Crippen LogP contribution is 2.20. The smallest absolute Gasteiger partial charge is 0.239 e. The van der Waals surface area contributed by atoms with Crippen LogP contribution >= 0.6 is 11.6 Å². The third-order valence-electron chi connectivity index (χ3n) is 3.72. The molecule has 5 nitrogen and oxygen atoms in total. The lowest BCUT2D eigenvalue weighted by Gasteiger charge is -2.20. The number of rotatable bonds is 6. The van der Waals surface area contributed by atoms with E-state index in [1.165, 1.54) is 0 Å². The van der Waals surface area contributed by atoms with Gasteiger partial charge in [-0.05, 0) is 37.1 Å². The van der Waals surface area contributed by atoms with Crippen LogP contribution in [0.25, 0.3) is 0 Å². The third-order valence-corrected chi connectivity index (χ3v) is 5.33. The molecule has 0 aliphatic rings. The monoisotopic (exact) mass is 380 g/mol. The van der Waals surface area contributed by atoms with E-state index in [1.54, 1.807) is 18.2 Å². The molecule has 0 atom stereocenters. The molecule has 25 heavy (non-hydrogen) atoms. The van der Waals surface area contributed by atoms with E-state index in [0.717, 1.165) is 27.3 Å². The highest BCUT2D eigenvalue weighted by Gasteiger charge is 2.20. The number of sulfonamides is 1. The van der Waals surface area contributed by atoms with E-state index in [9.17, 15) is 13.2 Å². The largest absolute Gasteiger partial charge is 0.325 e. The molecule has 0 aliphatic carbocycles. The number of halogens is 1. The molecule has 7 heteroatoms. The molecule has 0 unspecified atom stereocenters. The number of hydrogen-bond acceptors (Lipinski definition) is 3. The summed E-state index contributed by atoms with van der Waals surface area (Å²) in [7, 11) is -3.53. The summed E-state index contributed by atoms with van der Waals surface area (Å²) in [6, 6.07) is 12.7. The maximum atomic E-state index is 12.2. The first-order chi connectivity index (χ1) is 11.6. The number of hydrogen-bond donors (Lipinski definition) is 1. The van der Waals surface area contributed by atoms with Crippen molar-refractivity contribution in [2.75, 3.05) is 18.1 Å². The molecule has 0 spiro atoms. The zero-order chi connectivity index (χ0) is 18.6. The van der Waals surface area contributed by atoms with E-state index in [2.05, 4.69) is 5.32 Å². The van der Waals surface area contributed by atoms with Crippen LogP contribution in [0.15, 0.2) is 42.5 Å². The topological polar surface area (TPSA) is 66.5 Å². The minimum absolute atomic E-state index is 0.140. The minimum Gasteiger partial charge on any atom is -0.325 e. The van der Waals surface area contributed by atoms with Crippen LogP contribution in [0.2, 0.25) is 5.02 Å². The number of amides is 1. The Kier molecular flexibility index (Phi) is 6.21. The molecule has 2 aromatic rings. The van der Waals surface area contributed by atoms with Gasteiger partial charge in [0.25, 0.3) is 0 Å². The number of carbonyl (C=O) groups excluding carboxylic acids is 1. The fraction of sp³-hybridized carbons (Fsp3) is 0.278. The van der Waals surface area contributed by atoms with Gasteiger partial charge in [-0.25, -0.2) is 8.42 Å². The molecule has 0 radical (unpaired) electrons. The first kappa shape index (κ1) is 19.4. The summed E-state index contributed by atoms with van der Waals surface area (Å²) in [5.41, 5.74) is 3.34. The van der Waals surface area contributed by atoms with E-state index in [4.69, 9.17) is 11.6 Å². The lowest BCUT2D eigenvalue weighted by atomic mass is 10.1. The van der Waals surface area contributed by atoms with Crippen LogP contribution in [0.1, 0.15) is 16.7 Å². The Hall–Kier alpha value is -1.89. The second kappa shape index (κ2) is 7.99. The normalized spacial score (nSPS) is 11.6. The Bertz CT molecular complexity index is 864. The number of nitrogens with one attached hydrogen (secondary N) is 1. The van der Waals surface area contributed by atoms with Crippen LogP contribution < -0.4 is 5.32 Å². The lowest BCUT2D eigenvalue weighted by molar-refractivity contribution is -0.116. The Balaban J connectivity index is 2.09. The van der Waals surface area contributed by atoms with Crippen LogP contribution in [0.5, 0.6) is 0 Å². The molecule has 134 valence electrons. The Morgan fingerprint density at radius 2 is 1.76 bits per heavy atom. The van der Waals surface area contributed by atoms with Gasteiger partial charge in [-0.1, -0.05) is 47.5 Å². The van der Waals surface area contributed by atoms with Gasteiger partial charge in [0.1, 0.15) is 0 Å². The molecule has 0 aliphatic heterocycles. The van der Waals surface area contributed by atoms with Crippen molar-refractivity contribution >= 4 is 33.2 Å². The van der Waals surface area contributed by atoms with Gasteiger partial charge in [0.05, 0.1) is 12.8 Å². The molecule has 1 N–H and O–H groups in total. The Labute approximate surface area is 153 Å². The van der Waals surface area contributed by atoms with Crippen LogP contribution in [0, 0.1) is 13.8 Å². The summed E-state index contributed by atoms with van der Waals surface area (Å²) in [6.07, 6.45) is 1.09. The van der Waals surface area contributed by atoms with Crippen molar-refractivity contribution in [3.05, 3.63) is 64.2 Å². The third kappa shape index (κ3) is 5.85. The standard InChI is InChI=1S/C18H21ClN2O3S/c1-13-4-7-15(8-5-13)11-21(25(3,23)24)12-18(22)20-16-9-6-14(2)17(19)10-16/h4-10H,11-12H2,1-3H3,(H,20,22). The summed E-state index contributed by atoms with van der Waals surface area (Å²) in [4.78, 5) is 12.2. The summed E-state index contributed by atoms with van der Waals surface area (Å²) >= 11 is 6.04. The summed E-state index contributed by atoms with van der Waals surface area (Å²) in [6.45, 7) is 3.69. The van der Waals surface area contributed by atoms with Gasteiger partial charge in [-0.2, -0.15) is 4.31 Å². The molecule has 0 fully saturated rings. The van der Waals surface area contributed by atoms with Crippen LogP contribution in [-0.2, 0) is 21.4 Å². The minimum atomic E-state index is -3.53. The van der Waals surface area contributed by atoms with Gasteiger partial charge in [-0.3, -0.25) is 4.79 Å². The lowest BCUT2D eigenvalue weighted by Crippen LogP contribution is -2.36. The molecule has 0 saturated carbocycles. The Morgan fingerprint density at radius 3 is 2.32 bits per heavy atom. The molecule has 1 amide bonds. The van der Waals surface area contributed by atoms with Crippen molar-refractivity contribution in [2.45, 2.75) is 20.4 Å². The van der Waals surface area contributed by atoms with E-state index < -0.39 is 15.9 Å². The zero-order valence-electron chi connectivity index (χ0n) is 14.4. The van der Waals surface area contributed by atoms with E-state index in [0.29, 0.717) is 10.7 Å². The molecule has 0 heterocycles. The summed E-state index contributed by atoms with van der Waals surface area (Å²) in [5, 5.41) is 3.22. The number of benzene rings is 2. The fourth-order valence-electron chi connectivity index (χ4n) is 2.22. The van der Waals surface area contributed by atoms with Gasteiger partial charge >= 0.3 is 0 Å². The molecular formula is C18H21ClN2O3S. The molecule has 0 bridgehead atoms. The second-order valence-electron chi connectivity index (χ2n) is 6.03. The van der Waals surface area contributed by atoms with Gasteiger partial charge < -0.3 is 5.32 Å². The maximum Gasteiger partial charge on any atom is 0.239 e. The van der Waals surface area contributed by atoms with Gasteiger partial charge in [0.15, 0.2) is 0 Å². The maximum absolute atomic E-state index is 12.2. The number of carbonyl (C=O) groups is 1. The average molecular weight is 381 g/mol. The first-order valence-electron chi connectivity index (χ1n) is 7.72. The molecule has 2 aromatic carbocycles. The predicted molar refractivity (Wildman–Crippen MR) is 101 cm³/mol. The molecule has 0 aromatic heterocycles. The SMILES string of the molecule is Cc1ccc(CN(CC(=O)Nc2ccc(C)c(Cl)c2)S(C)(=O)=O)cc1. The highest BCUT2D eigenvalue weighted by atomic mass is 35.5. The van der Waals surface area contributed by atoms with Crippen LogP contribution in [-0.4, -0.2) is 31.4 Å². The van der Waals surface area contributed by atoms with Gasteiger partial charge in [0.2, 0.25) is 15.9 Å². The first-order valence-corrected chi connectivity index (χ1v) is 9.94. The summed E-state index contributed by atoms with van der Waals surface area (Å²) < 4.78 is 25.2. The average Bonchev–Trinajstić information content (AvgIpc) is 2.51. The van der Waals surface area contributed by atoms with Gasteiger partial charge in [0, 0.05) is 17.3 Å². The van der Waals surface area contributed by atoms with E-state index >= 15 is 0 Å². The van der Waals surface area contributed by atoms with Crippen molar-refractivity contribution < 1.29 is 13.2 Å². The summed E-state index contributed by atoms with van der Waals surface area (Å²) in [5.74, 6) is -0.419. The van der Waals surface area contributed by atoms with Gasteiger partial charge in [-0.15, -0.1) is 0 Å². The Morgan fingerprint density at radius 1 is 1.12 bits per heavy atom. The van der Waals surface area contributed by atoms with Crippen molar-refractivity contribution in [1.82, 2.24) is 4.31 Å². The quantitative estimate of drug-likeness (QED) is 0.835. The zero-order valence-corrected chi connectivity index (χ0v) is 16.0. The van der Waals surface area contributed by atoms with Crippen molar-refractivity contribution in [3.8, 4) is 0 Å². The van der Waals surface area contributed by atoms with Crippen LogP contribution in [0.4, 0.5) is 5.69 Å². The number of nitrogens with zero attached hydrogens (tertiary/aromatic N) is 1. The second-order valence-corrected chi connectivity index (χ2v) is 8.42.